The van der Waals surface area contributed by atoms with E-state index in [-0.39, 0.29) is 5.91 Å². The summed E-state index contributed by atoms with van der Waals surface area (Å²) >= 11 is 0. The van der Waals surface area contributed by atoms with Gasteiger partial charge >= 0.3 is 0 Å². The van der Waals surface area contributed by atoms with Crippen LogP contribution in [0.15, 0.2) is 24.3 Å². The minimum Gasteiger partial charge on any atom is -0.494 e. The summed E-state index contributed by atoms with van der Waals surface area (Å²) < 4.78 is 11.5. The molecule has 1 aliphatic heterocycles. The standard InChI is InChI=1S/C22H36N2O3/c1-5-22(4,27-6-2)21(25)23-19-10-12-20(13-11-19)26-16-8-15-24-14-7-9-18(3)17-24/h10-13,18H,5-9,14-17H2,1-4H3,(H,23,25)/t18-,22-/m1/s1. The van der Waals surface area contributed by atoms with E-state index in [9.17, 15) is 4.79 Å². The van der Waals surface area contributed by atoms with Gasteiger partial charge in [-0.05, 0) is 76.3 Å². The van der Waals surface area contributed by atoms with Gasteiger partial charge in [0.2, 0.25) is 0 Å². The molecule has 0 bridgehead atoms. The van der Waals surface area contributed by atoms with Gasteiger partial charge in [0.1, 0.15) is 11.4 Å². The van der Waals surface area contributed by atoms with Gasteiger partial charge in [0.05, 0.1) is 6.61 Å². The minimum absolute atomic E-state index is 0.115. The van der Waals surface area contributed by atoms with Gasteiger partial charge in [0.25, 0.3) is 5.91 Å². The molecule has 0 unspecified atom stereocenters. The second kappa shape index (κ2) is 10.7. The van der Waals surface area contributed by atoms with Gasteiger partial charge in [-0.3, -0.25) is 4.79 Å². The molecule has 0 saturated carbocycles. The largest absolute Gasteiger partial charge is 0.494 e. The summed E-state index contributed by atoms with van der Waals surface area (Å²) in [5.74, 6) is 1.54. The van der Waals surface area contributed by atoms with Crippen molar-refractivity contribution in [1.29, 1.82) is 0 Å². The number of hydrogen-bond donors (Lipinski definition) is 1. The van der Waals surface area contributed by atoms with E-state index in [1.807, 2.05) is 45.0 Å². The number of carbonyl (C=O) groups excluding carboxylic acids is 1. The Labute approximate surface area is 164 Å². The molecule has 1 aromatic carbocycles. The van der Waals surface area contributed by atoms with Crippen molar-refractivity contribution in [3.63, 3.8) is 0 Å². The lowest BCUT2D eigenvalue weighted by atomic mass is 10.0. The first-order chi connectivity index (χ1) is 13.0. The maximum Gasteiger partial charge on any atom is 0.256 e. The van der Waals surface area contributed by atoms with Crippen LogP contribution in [0.25, 0.3) is 0 Å². The average molecular weight is 377 g/mol. The van der Waals surface area contributed by atoms with Crippen LogP contribution in [0.3, 0.4) is 0 Å². The van der Waals surface area contributed by atoms with Gasteiger partial charge in [-0.15, -0.1) is 0 Å². The molecule has 5 heteroatoms. The molecule has 0 spiro atoms. The summed E-state index contributed by atoms with van der Waals surface area (Å²) in [4.78, 5) is 15.0. The van der Waals surface area contributed by atoms with Crippen molar-refractivity contribution in [3.05, 3.63) is 24.3 Å². The number of likely N-dealkylation sites (tertiary alicyclic amines) is 1. The lowest BCUT2D eigenvalue weighted by Gasteiger charge is -2.30. The second-order valence-electron chi connectivity index (χ2n) is 7.75. The molecule has 5 nitrogen and oxygen atoms in total. The summed E-state index contributed by atoms with van der Waals surface area (Å²) in [6.45, 7) is 12.8. The molecule has 1 amide bonds. The number of carbonyl (C=O) groups is 1. The van der Waals surface area contributed by atoms with Crippen molar-refractivity contribution in [3.8, 4) is 5.75 Å². The Balaban J connectivity index is 1.74. The third kappa shape index (κ3) is 6.82. The van der Waals surface area contributed by atoms with E-state index in [0.29, 0.717) is 13.0 Å². The predicted octanol–water partition coefficient (Wildman–Crippen LogP) is 4.33. The predicted molar refractivity (Wildman–Crippen MR) is 110 cm³/mol. The molecular formula is C22H36N2O3. The van der Waals surface area contributed by atoms with Crippen LogP contribution in [0.1, 0.15) is 53.4 Å². The van der Waals surface area contributed by atoms with Crippen molar-refractivity contribution < 1.29 is 14.3 Å². The van der Waals surface area contributed by atoms with E-state index >= 15 is 0 Å². The number of nitrogens with zero attached hydrogens (tertiary/aromatic N) is 1. The Hall–Kier alpha value is -1.59. The second-order valence-corrected chi connectivity index (χ2v) is 7.75. The molecule has 0 aliphatic carbocycles. The van der Waals surface area contributed by atoms with Crippen LogP contribution in [0.2, 0.25) is 0 Å². The average Bonchev–Trinajstić information content (AvgIpc) is 2.66. The number of nitrogens with one attached hydrogen (secondary N) is 1. The van der Waals surface area contributed by atoms with Crippen LogP contribution in [0.5, 0.6) is 5.75 Å². The third-order valence-corrected chi connectivity index (χ3v) is 5.36. The fourth-order valence-electron chi connectivity index (χ4n) is 3.51. The molecule has 1 heterocycles. The highest BCUT2D eigenvalue weighted by Crippen LogP contribution is 2.21. The lowest BCUT2D eigenvalue weighted by Crippen LogP contribution is -2.42. The molecular weight excluding hydrogens is 340 g/mol. The molecule has 152 valence electrons. The number of hydrogen-bond acceptors (Lipinski definition) is 4. The smallest absolute Gasteiger partial charge is 0.256 e. The molecule has 0 aromatic heterocycles. The van der Waals surface area contributed by atoms with Crippen molar-refractivity contribution in [1.82, 2.24) is 4.90 Å². The summed E-state index contributed by atoms with van der Waals surface area (Å²) in [5.41, 5.74) is -0.0374. The number of rotatable bonds is 10. The van der Waals surface area contributed by atoms with E-state index in [1.54, 1.807) is 0 Å². The molecule has 1 aliphatic rings. The first-order valence-corrected chi connectivity index (χ1v) is 10.4. The summed E-state index contributed by atoms with van der Waals surface area (Å²) in [7, 11) is 0. The number of anilines is 1. The molecule has 1 saturated heterocycles. The van der Waals surface area contributed by atoms with E-state index in [2.05, 4.69) is 17.1 Å². The van der Waals surface area contributed by atoms with Crippen molar-refractivity contribution >= 4 is 11.6 Å². The maximum atomic E-state index is 12.5. The number of amides is 1. The first-order valence-electron chi connectivity index (χ1n) is 10.4. The van der Waals surface area contributed by atoms with Crippen molar-refractivity contribution in [2.75, 3.05) is 38.2 Å². The zero-order valence-electron chi connectivity index (χ0n) is 17.4. The summed E-state index contributed by atoms with van der Waals surface area (Å²) in [5, 5.41) is 2.93. The Kier molecular flexibility index (Phi) is 8.58. The zero-order valence-corrected chi connectivity index (χ0v) is 17.4. The zero-order chi connectivity index (χ0) is 19.7. The van der Waals surface area contributed by atoms with Crippen molar-refractivity contribution in [2.45, 2.75) is 59.0 Å². The lowest BCUT2D eigenvalue weighted by molar-refractivity contribution is -0.139. The van der Waals surface area contributed by atoms with Gasteiger partial charge in [-0.1, -0.05) is 13.8 Å². The molecule has 2 rings (SSSR count). The maximum absolute atomic E-state index is 12.5. The SMILES string of the molecule is CCO[C@](C)(CC)C(=O)Nc1ccc(OCCCN2CCC[C@@H](C)C2)cc1. The van der Waals surface area contributed by atoms with E-state index in [1.165, 1.54) is 25.9 Å². The van der Waals surface area contributed by atoms with E-state index in [4.69, 9.17) is 9.47 Å². The summed E-state index contributed by atoms with van der Waals surface area (Å²) in [6.07, 6.45) is 4.34. The van der Waals surface area contributed by atoms with Crippen molar-refractivity contribution in [2.24, 2.45) is 5.92 Å². The molecule has 1 fully saturated rings. The Morgan fingerprint density at radius 3 is 2.67 bits per heavy atom. The van der Waals surface area contributed by atoms with Crippen LogP contribution in [-0.4, -0.2) is 49.3 Å². The highest BCUT2D eigenvalue weighted by molar-refractivity contribution is 5.97. The fourth-order valence-corrected chi connectivity index (χ4v) is 3.51. The Morgan fingerprint density at radius 1 is 1.30 bits per heavy atom. The van der Waals surface area contributed by atoms with Gasteiger partial charge in [0, 0.05) is 25.4 Å². The van der Waals surface area contributed by atoms with Gasteiger partial charge in [-0.2, -0.15) is 0 Å². The minimum atomic E-state index is -0.796. The highest BCUT2D eigenvalue weighted by Gasteiger charge is 2.31. The van der Waals surface area contributed by atoms with Crippen LogP contribution in [0.4, 0.5) is 5.69 Å². The molecule has 2 atom stereocenters. The monoisotopic (exact) mass is 376 g/mol. The quantitative estimate of drug-likeness (QED) is 0.618. The van der Waals surface area contributed by atoms with Gasteiger partial charge < -0.3 is 19.7 Å². The Morgan fingerprint density at radius 2 is 2.04 bits per heavy atom. The van der Waals surface area contributed by atoms with Crippen LogP contribution in [0, 0.1) is 5.92 Å². The highest BCUT2D eigenvalue weighted by atomic mass is 16.5. The number of piperidine rings is 1. The summed E-state index contributed by atoms with van der Waals surface area (Å²) in [6, 6.07) is 7.56. The number of ether oxygens (including phenoxy) is 2. The normalized spacial score (nSPS) is 20.1. The Bertz CT molecular complexity index is 575. The van der Waals surface area contributed by atoms with Gasteiger partial charge in [-0.25, -0.2) is 0 Å². The van der Waals surface area contributed by atoms with Crippen LogP contribution in [-0.2, 0) is 9.53 Å². The van der Waals surface area contributed by atoms with Crippen LogP contribution >= 0.6 is 0 Å². The molecule has 1 aromatic rings. The van der Waals surface area contributed by atoms with Crippen LogP contribution < -0.4 is 10.1 Å². The number of benzene rings is 1. The van der Waals surface area contributed by atoms with E-state index < -0.39 is 5.60 Å². The molecule has 1 N–H and O–H groups in total. The molecule has 0 radical (unpaired) electrons. The van der Waals surface area contributed by atoms with Gasteiger partial charge in [0.15, 0.2) is 0 Å². The molecule has 27 heavy (non-hydrogen) atoms. The fraction of sp³-hybridized carbons (Fsp3) is 0.682. The topological polar surface area (TPSA) is 50.8 Å². The third-order valence-electron chi connectivity index (χ3n) is 5.36. The van der Waals surface area contributed by atoms with E-state index in [0.717, 1.165) is 36.9 Å². The first kappa shape index (κ1) is 21.7.